The first-order valence-corrected chi connectivity index (χ1v) is 12.8. The summed E-state index contributed by atoms with van der Waals surface area (Å²) in [5.74, 6) is 8.10. The molecule has 0 aromatic heterocycles. The van der Waals surface area contributed by atoms with Crippen molar-refractivity contribution in [3.05, 3.63) is 0 Å². The minimum atomic E-state index is 0.672. The van der Waals surface area contributed by atoms with Gasteiger partial charge in [-0.05, 0) is 110 Å². The molecule has 4 fully saturated rings. The van der Waals surface area contributed by atoms with Crippen LogP contribution in [0.3, 0.4) is 0 Å². The third-order valence-electron chi connectivity index (χ3n) is 11.0. The van der Waals surface area contributed by atoms with Crippen LogP contribution in [0, 0.1) is 58.2 Å². The molecule has 0 amide bonds. The number of rotatable bonds is 5. The summed E-state index contributed by atoms with van der Waals surface area (Å²) in [4.78, 5) is 0. The van der Waals surface area contributed by atoms with E-state index in [-0.39, 0.29) is 0 Å². The molecular weight excluding hydrogens is 324 g/mol. The molecule has 4 saturated carbocycles. The fourth-order valence-corrected chi connectivity index (χ4v) is 9.56. The van der Waals surface area contributed by atoms with Gasteiger partial charge in [0.2, 0.25) is 0 Å². The lowest BCUT2D eigenvalue weighted by molar-refractivity contribution is -0.0946. The third kappa shape index (κ3) is 3.24. The van der Waals surface area contributed by atoms with Gasteiger partial charge in [-0.25, -0.2) is 0 Å². The maximum atomic E-state index is 2.75. The van der Waals surface area contributed by atoms with E-state index < -0.39 is 0 Å². The summed E-state index contributed by atoms with van der Waals surface area (Å²) in [5.41, 5.74) is 1.37. The first-order valence-electron chi connectivity index (χ1n) is 12.8. The molecule has 0 aromatic rings. The second-order valence-corrected chi connectivity index (χ2v) is 12.6. The molecule has 0 bridgehead atoms. The van der Waals surface area contributed by atoms with Crippen molar-refractivity contribution in [3.8, 4) is 0 Å². The normalized spacial score (nSPS) is 50.3. The van der Waals surface area contributed by atoms with Crippen molar-refractivity contribution in [2.24, 2.45) is 58.2 Å². The molecule has 0 nitrogen and oxygen atoms in total. The standard InChI is InChI=1S/C27H48/c1-18(2)8-7-9-19(3)23-12-13-24-21-10-11-22-20(4)14-16-26(22,5)25(21)15-17-27(23,24)6/h18-25H,7-17H2,1-6H3. The Morgan fingerprint density at radius 3 is 2.15 bits per heavy atom. The van der Waals surface area contributed by atoms with Gasteiger partial charge in [-0.15, -0.1) is 0 Å². The van der Waals surface area contributed by atoms with Crippen LogP contribution >= 0.6 is 0 Å². The summed E-state index contributed by atoms with van der Waals surface area (Å²) >= 11 is 0. The van der Waals surface area contributed by atoms with E-state index in [1.165, 1.54) is 25.7 Å². The van der Waals surface area contributed by atoms with Crippen LogP contribution in [0.1, 0.15) is 112 Å². The highest BCUT2D eigenvalue weighted by Gasteiger charge is 2.61. The van der Waals surface area contributed by atoms with E-state index in [0.29, 0.717) is 10.8 Å². The molecule has 9 atom stereocenters. The molecule has 156 valence electrons. The van der Waals surface area contributed by atoms with Gasteiger partial charge >= 0.3 is 0 Å². The van der Waals surface area contributed by atoms with Gasteiger partial charge in [0, 0.05) is 0 Å². The lowest BCUT2D eigenvalue weighted by Gasteiger charge is -2.58. The zero-order valence-corrected chi connectivity index (χ0v) is 19.4. The van der Waals surface area contributed by atoms with Gasteiger partial charge < -0.3 is 0 Å². The molecule has 0 aliphatic heterocycles. The Bertz CT molecular complexity index is 520. The van der Waals surface area contributed by atoms with Crippen LogP contribution in [-0.4, -0.2) is 0 Å². The highest BCUT2D eigenvalue weighted by molar-refractivity contribution is 5.10. The highest BCUT2D eigenvalue weighted by Crippen LogP contribution is 2.69. The van der Waals surface area contributed by atoms with E-state index in [4.69, 9.17) is 0 Å². The van der Waals surface area contributed by atoms with Crippen molar-refractivity contribution >= 4 is 0 Å². The summed E-state index contributed by atoms with van der Waals surface area (Å²) in [6.45, 7) is 15.4. The van der Waals surface area contributed by atoms with Crippen molar-refractivity contribution in [3.63, 3.8) is 0 Å². The Morgan fingerprint density at radius 2 is 1.41 bits per heavy atom. The van der Waals surface area contributed by atoms with Gasteiger partial charge in [-0.3, -0.25) is 0 Å². The maximum Gasteiger partial charge on any atom is -0.0264 e. The molecule has 4 rings (SSSR count). The summed E-state index contributed by atoms with van der Waals surface area (Å²) in [6, 6.07) is 0. The second kappa shape index (κ2) is 7.36. The monoisotopic (exact) mass is 372 g/mol. The van der Waals surface area contributed by atoms with Gasteiger partial charge in [0.25, 0.3) is 0 Å². The predicted octanol–water partition coefficient (Wildman–Crippen LogP) is 8.35. The molecule has 0 N–H and O–H groups in total. The molecule has 0 radical (unpaired) electrons. The Balaban J connectivity index is 1.47. The zero-order valence-electron chi connectivity index (χ0n) is 19.4. The van der Waals surface area contributed by atoms with E-state index in [1.807, 2.05) is 0 Å². The van der Waals surface area contributed by atoms with Crippen LogP contribution < -0.4 is 0 Å². The fraction of sp³-hybridized carbons (Fsp3) is 1.00. The minimum Gasteiger partial charge on any atom is -0.0628 e. The number of hydrogen-bond acceptors (Lipinski definition) is 0. The molecule has 0 heterocycles. The topological polar surface area (TPSA) is 0 Å². The van der Waals surface area contributed by atoms with E-state index in [9.17, 15) is 0 Å². The molecule has 4 aliphatic rings. The van der Waals surface area contributed by atoms with E-state index >= 15 is 0 Å². The lowest BCUT2D eigenvalue weighted by Crippen LogP contribution is -2.51. The van der Waals surface area contributed by atoms with Gasteiger partial charge in [-0.2, -0.15) is 0 Å². The van der Waals surface area contributed by atoms with Crippen molar-refractivity contribution in [2.45, 2.75) is 112 Å². The average molecular weight is 373 g/mol. The lowest BCUT2D eigenvalue weighted by atomic mass is 9.47. The van der Waals surface area contributed by atoms with Crippen LogP contribution in [0.15, 0.2) is 0 Å². The molecule has 0 saturated heterocycles. The van der Waals surface area contributed by atoms with Crippen molar-refractivity contribution < 1.29 is 0 Å². The van der Waals surface area contributed by atoms with Crippen molar-refractivity contribution in [2.75, 3.05) is 0 Å². The molecule has 9 unspecified atom stereocenters. The summed E-state index contributed by atoms with van der Waals surface area (Å²) < 4.78 is 0. The van der Waals surface area contributed by atoms with Crippen LogP contribution in [0.25, 0.3) is 0 Å². The highest BCUT2D eigenvalue weighted by atomic mass is 14.7. The average Bonchev–Trinajstić information content (AvgIpc) is 3.11. The molecular formula is C27H48. The van der Waals surface area contributed by atoms with Crippen LogP contribution in [0.5, 0.6) is 0 Å². The van der Waals surface area contributed by atoms with Crippen molar-refractivity contribution in [1.29, 1.82) is 0 Å². The molecule has 4 aliphatic carbocycles. The first-order chi connectivity index (χ1) is 12.8. The molecule has 27 heavy (non-hydrogen) atoms. The second-order valence-electron chi connectivity index (χ2n) is 12.6. The van der Waals surface area contributed by atoms with Gasteiger partial charge in [0.05, 0.1) is 0 Å². The van der Waals surface area contributed by atoms with Crippen molar-refractivity contribution in [1.82, 2.24) is 0 Å². The quantitative estimate of drug-likeness (QED) is 0.455. The Morgan fingerprint density at radius 1 is 0.741 bits per heavy atom. The first kappa shape index (κ1) is 20.3. The largest absolute Gasteiger partial charge is 0.0628 e. The third-order valence-corrected chi connectivity index (χ3v) is 11.0. The zero-order chi connectivity index (χ0) is 19.4. The van der Waals surface area contributed by atoms with E-state index in [1.54, 1.807) is 44.9 Å². The van der Waals surface area contributed by atoms with E-state index in [0.717, 1.165) is 47.3 Å². The van der Waals surface area contributed by atoms with Gasteiger partial charge in [0.1, 0.15) is 0 Å². The molecule has 0 spiro atoms. The number of fused-ring (bicyclic) bond motifs is 5. The minimum absolute atomic E-state index is 0.672. The summed E-state index contributed by atoms with van der Waals surface area (Å²) in [7, 11) is 0. The van der Waals surface area contributed by atoms with Gasteiger partial charge in [0.15, 0.2) is 0 Å². The van der Waals surface area contributed by atoms with Gasteiger partial charge in [-0.1, -0.05) is 60.8 Å². The Hall–Kier alpha value is 0. The van der Waals surface area contributed by atoms with E-state index in [2.05, 4.69) is 41.5 Å². The molecule has 0 aromatic carbocycles. The maximum absolute atomic E-state index is 2.75. The van der Waals surface area contributed by atoms with Crippen LogP contribution in [0.4, 0.5) is 0 Å². The predicted molar refractivity (Wildman–Crippen MR) is 118 cm³/mol. The Labute approximate surface area is 170 Å². The summed E-state index contributed by atoms with van der Waals surface area (Å²) in [5, 5.41) is 0. The smallest absolute Gasteiger partial charge is 0.0264 e. The SMILES string of the molecule is CC(C)CCCC(C)C1CCC2C3CCC4C(C)CCC4(C)C3CCC12C. The Kier molecular flexibility index (Phi) is 5.53. The van der Waals surface area contributed by atoms with Crippen LogP contribution in [0.2, 0.25) is 0 Å². The summed E-state index contributed by atoms with van der Waals surface area (Å²) in [6.07, 6.45) is 16.8. The van der Waals surface area contributed by atoms with Crippen LogP contribution in [-0.2, 0) is 0 Å². The number of hydrogen-bond donors (Lipinski definition) is 0. The molecule has 0 heteroatoms. The fourth-order valence-electron chi connectivity index (χ4n) is 9.56.